The van der Waals surface area contributed by atoms with Crippen LogP contribution < -0.4 is 10.9 Å². The van der Waals surface area contributed by atoms with Crippen LogP contribution in [0.25, 0.3) is 10.9 Å². The summed E-state index contributed by atoms with van der Waals surface area (Å²) in [6.45, 7) is 1.44. The summed E-state index contributed by atoms with van der Waals surface area (Å²) in [5.74, 6) is -1.18. The lowest BCUT2D eigenvalue weighted by atomic mass is 10.1. The molecule has 6 heteroatoms. The van der Waals surface area contributed by atoms with Gasteiger partial charge in [0.05, 0.1) is 5.52 Å². The molecule has 0 aliphatic carbocycles. The number of ketones is 1. The van der Waals surface area contributed by atoms with Gasteiger partial charge in [-0.3, -0.25) is 14.4 Å². The lowest BCUT2D eigenvalue weighted by molar-refractivity contribution is 0.101. The average molecular weight is 322 g/mol. The summed E-state index contributed by atoms with van der Waals surface area (Å²) in [7, 11) is 0. The van der Waals surface area contributed by atoms with Crippen molar-refractivity contribution in [3.8, 4) is 5.75 Å². The molecule has 6 nitrogen and oxygen atoms in total. The molecule has 1 heterocycles. The molecule has 0 unspecified atom stereocenters. The normalized spacial score (nSPS) is 10.5. The SMILES string of the molecule is CC(=O)c1ccc(NC(=O)c2c(O)c3ccccc3[nH]c2=O)cc1. The fraction of sp³-hybridized carbons (Fsp3) is 0.0556. The van der Waals surface area contributed by atoms with Crippen molar-refractivity contribution in [2.45, 2.75) is 6.92 Å². The van der Waals surface area contributed by atoms with Crippen LogP contribution in [-0.4, -0.2) is 21.8 Å². The smallest absolute Gasteiger partial charge is 0.265 e. The second-order valence-corrected chi connectivity index (χ2v) is 5.31. The van der Waals surface area contributed by atoms with Gasteiger partial charge in [0.15, 0.2) is 5.78 Å². The van der Waals surface area contributed by atoms with Crippen LogP contribution in [0.3, 0.4) is 0 Å². The third kappa shape index (κ3) is 2.77. The zero-order valence-electron chi connectivity index (χ0n) is 12.8. The van der Waals surface area contributed by atoms with Gasteiger partial charge in [0, 0.05) is 16.6 Å². The number of pyridine rings is 1. The first kappa shape index (κ1) is 15.5. The number of amides is 1. The fourth-order valence-electron chi connectivity index (χ4n) is 2.42. The Morgan fingerprint density at radius 3 is 2.38 bits per heavy atom. The zero-order valence-corrected chi connectivity index (χ0v) is 12.8. The van der Waals surface area contributed by atoms with Gasteiger partial charge in [0.2, 0.25) is 0 Å². The van der Waals surface area contributed by atoms with Crippen molar-refractivity contribution in [2.24, 2.45) is 0 Å². The number of aromatic nitrogens is 1. The molecule has 0 bridgehead atoms. The maximum Gasteiger partial charge on any atom is 0.265 e. The van der Waals surface area contributed by atoms with E-state index in [1.54, 1.807) is 48.5 Å². The zero-order chi connectivity index (χ0) is 17.3. The Hall–Kier alpha value is -3.41. The number of aromatic hydroxyl groups is 1. The van der Waals surface area contributed by atoms with Crippen molar-refractivity contribution in [3.05, 3.63) is 70.0 Å². The van der Waals surface area contributed by atoms with Crippen LogP contribution in [0.15, 0.2) is 53.3 Å². The van der Waals surface area contributed by atoms with Gasteiger partial charge in [-0.25, -0.2) is 0 Å². The topological polar surface area (TPSA) is 99.3 Å². The van der Waals surface area contributed by atoms with E-state index >= 15 is 0 Å². The summed E-state index contributed by atoms with van der Waals surface area (Å²) < 4.78 is 0. The molecule has 3 rings (SSSR count). The highest BCUT2D eigenvalue weighted by atomic mass is 16.3. The minimum atomic E-state index is -0.727. The number of Topliss-reactive ketones (excluding diaryl/α,β-unsaturated/α-hetero) is 1. The van der Waals surface area contributed by atoms with Crippen molar-refractivity contribution in [3.63, 3.8) is 0 Å². The number of carbonyl (C=O) groups excluding carboxylic acids is 2. The standard InChI is InChI=1S/C18H14N2O4/c1-10(21)11-6-8-12(9-7-11)19-17(23)15-16(22)13-4-2-3-5-14(13)20-18(15)24/h2-9H,1H3,(H,19,23)(H2,20,22,24). The van der Waals surface area contributed by atoms with Gasteiger partial charge in [-0.15, -0.1) is 0 Å². The molecule has 0 saturated carbocycles. The van der Waals surface area contributed by atoms with E-state index in [0.29, 0.717) is 22.2 Å². The molecular formula is C18H14N2O4. The molecule has 0 saturated heterocycles. The van der Waals surface area contributed by atoms with E-state index in [1.807, 2.05) is 0 Å². The number of anilines is 1. The van der Waals surface area contributed by atoms with Gasteiger partial charge in [-0.05, 0) is 43.3 Å². The van der Waals surface area contributed by atoms with E-state index < -0.39 is 11.5 Å². The molecule has 0 radical (unpaired) electrons. The molecule has 1 amide bonds. The van der Waals surface area contributed by atoms with Gasteiger partial charge < -0.3 is 15.4 Å². The average Bonchev–Trinajstić information content (AvgIpc) is 2.55. The van der Waals surface area contributed by atoms with Gasteiger partial charge in [-0.1, -0.05) is 12.1 Å². The van der Waals surface area contributed by atoms with Crippen molar-refractivity contribution < 1.29 is 14.7 Å². The van der Waals surface area contributed by atoms with Crippen molar-refractivity contribution in [2.75, 3.05) is 5.32 Å². The second kappa shape index (κ2) is 6.00. The maximum absolute atomic E-state index is 12.4. The largest absolute Gasteiger partial charge is 0.506 e. The Labute approximate surface area is 136 Å². The monoisotopic (exact) mass is 322 g/mol. The van der Waals surface area contributed by atoms with E-state index in [2.05, 4.69) is 10.3 Å². The number of hydrogen-bond acceptors (Lipinski definition) is 4. The highest BCUT2D eigenvalue weighted by Gasteiger charge is 2.19. The summed E-state index contributed by atoms with van der Waals surface area (Å²) in [4.78, 5) is 38.3. The first-order valence-electron chi connectivity index (χ1n) is 7.23. The number of H-pyrrole nitrogens is 1. The summed E-state index contributed by atoms with van der Waals surface area (Å²) in [5.41, 5.74) is 0.340. The maximum atomic E-state index is 12.4. The number of hydrogen-bond donors (Lipinski definition) is 3. The molecule has 3 aromatic rings. The van der Waals surface area contributed by atoms with Crippen LogP contribution >= 0.6 is 0 Å². The third-order valence-corrected chi connectivity index (χ3v) is 3.67. The molecule has 1 aromatic heterocycles. The Morgan fingerprint density at radius 2 is 1.71 bits per heavy atom. The van der Waals surface area contributed by atoms with E-state index in [4.69, 9.17) is 0 Å². The first-order chi connectivity index (χ1) is 11.5. The van der Waals surface area contributed by atoms with Crippen molar-refractivity contribution >= 4 is 28.3 Å². The first-order valence-corrected chi connectivity index (χ1v) is 7.23. The molecule has 0 aliphatic rings. The minimum absolute atomic E-state index is 0.0866. The van der Waals surface area contributed by atoms with E-state index in [-0.39, 0.29) is 17.1 Å². The lowest BCUT2D eigenvalue weighted by Gasteiger charge is -2.08. The number of carbonyl (C=O) groups is 2. The number of fused-ring (bicyclic) bond motifs is 1. The summed E-state index contributed by atoms with van der Waals surface area (Å²) in [5, 5.41) is 13.2. The number of nitrogens with one attached hydrogen (secondary N) is 2. The summed E-state index contributed by atoms with van der Waals surface area (Å²) >= 11 is 0. The van der Waals surface area contributed by atoms with Crippen LogP contribution in [0, 0.1) is 0 Å². The van der Waals surface area contributed by atoms with Crippen LogP contribution in [-0.2, 0) is 0 Å². The Bertz CT molecular complexity index is 1000. The van der Waals surface area contributed by atoms with E-state index in [9.17, 15) is 19.5 Å². The van der Waals surface area contributed by atoms with E-state index in [1.165, 1.54) is 6.92 Å². The third-order valence-electron chi connectivity index (χ3n) is 3.67. The van der Waals surface area contributed by atoms with Gasteiger partial charge in [0.25, 0.3) is 11.5 Å². The quantitative estimate of drug-likeness (QED) is 0.646. The molecule has 120 valence electrons. The Morgan fingerprint density at radius 1 is 1.04 bits per heavy atom. The van der Waals surface area contributed by atoms with Gasteiger partial charge in [0.1, 0.15) is 11.3 Å². The minimum Gasteiger partial charge on any atom is -0.506 e. The Kier molecular flexibility index (Phi) is 3.87. The molecular weight excluding hydrogens is 308 g/mol. The van der Waals surface area contributed by atoms with Gasteiger partial charge >= 0.3 is 0 Å². The van der Waals surface area contributed by atoms with E-state index in [0.717, 1.165) is 0 Å². The fourth-order valence-corrected chi connectivity index (χ4v) is 2.42. The number of para-hydroxylation sites is 1. The highest BCUT2D eigenvalue weighted by molar-refractivity contribution is 6.09. The van der Waals surface area contributed by atoms with Crippen molar-refractivity contribution in [1.29, 1.82) is 0 Å². The Balaban J connectivity index is 1.97. The molecule has 3 N–H and O–H groups in total. The second-order valence-electron chi connectivity index (χ2n) is 5.31. The van der Waals surface area contributed by atoms with Crippen LogP contribution in [0.2, 0.25) is 0 Å². The predicted octanol–water partition coefficient (Wildman–Crippen LogP) is 2.69. The number of benzene rings is 2. The van der Waals surface area contributed by atoms with Crippen LogP contribution in [0.5, 0.6) is 5.75 Å². The number of aromatic amines is 1. The molecule has 0 spiro atoms. The van der Waals surface area contributed by atoms with Gasteiger partial charge in [-0.2, -0.15) is 0 Å². The molecule has 0 atom stereocenters. The molecule has 0 aliphatic heterocycles. The lowest BCUT2D eigenvalue weighted by Crippen LogP contribution is -2.23. The van der Waals surface area contributed by atoms with Crippen LogP contribution in [0.4, 0.5) is 5.69 Å². The highest BCUT2D eigenvalue weighted by Crippen LogP contribution is 2.25. The predicted molar refractivity (Wildman–Crippen MR) is 90.6 cm³/mol. The molecule has 2 aromatic carbocycles. The summed E-state index contributed by atoms with van der Waals surface area (Å²) in [6, 6.07) is 12.9. The number of rotatable bonds is 3. The van der Waals surface area contributed by atoms with Crippen LogP contribution in [0.1, 0.15) is 27.6 Å². The summed E-state index contributed by atoms with van der Waals surface area (Å²) in [6.07, 6.45) is 0. The van der Waals surface area contributed by atoms with Crippen molar-refractivity contribution in [1.82, 2.24) is 4.98 Å². The molecule has 24 heavy (non-hydrogen) atoms. The molecule has 0 fully saturated rings.